The van der Waals surface area contributed by atoms with Crippen LogP contribution in [0.25, 0.3) is 11.0 Å². The number of likely N-dealkylation sites (N-methyl/N-ethyl adjacent to an activating group) is 1. The fourth-order valence-corrected chi connectivity index (χ4v) is 2.79. The number of H-pyrrole nitrogens is 1. The number of rotatable bonds is 4. The van der Waals surface area contributed by atoms with E-state index < -0.39 is 0 Å². The van der Waals surface area contributed by atoms with Crippen molar-refractivity contribution >= 4 is 11.0 Å². The topological polar surface area (TPSA) is 35.2 Å². The quantitative estimate of drug-likeness (QED) is 0.907. The van der Waals surface area contributed by atoms with Crippen molar-refractivity contribution in [2.24, 2.45) is 0 Å². The first-order valence-corrected chi connectivity index (χ1v) is 7.15. The number of benzene rings is 1. The molecule has 0 aliphatic carbocycles. The van der Waals surface area contributed by atoms with Gasteiger partial charge in [0.25, 0.3) is 0 Å². The number of hydrogen-bond donors (Lipinski definition) is 1. The van der Waals surface area contributed by atoms with Gasteiger partial charge in [-0.1, -0.05) is 12.1 Å². The Morgan fingerprint density at radius 3 is 2.89 bits per heavy atom. The number of hydrogen-bond acceptors (Lipinski definition) is 3. The molecule has 0 atom stereocenters. The van der Waals surface area contributed by atoms with E-state index in [0.717, 1.165) is 17.5 Å². The summed E-state index contributed by atoms with van der Waals surface area (Å²) in [5.41, 5.74) is 3.66. The van der Waals surface area contributed by atoms with Crippen LogP contribution in [0.1, 0.15) is 12.0 Å². The summed E-state index contributed by atoms with van der Waals surface area (Å²) < 4.78 is 0. The van der Waals surface area contributed by atoms with Crippen LogP contribution in [0.5, 0.6) is 0 Å². The van der Waals surface area contributed by atoms with E-state index in [1.54, 1.807) is 6.33 Å². The molecule has 19 heavy (non-hydrogen) atoms. The highest BCUT2D eigenvalue weighted by atomic mass is 15.2. The minimum atomic E-state index is 1.12. The predicted octanol–water partition coefficient (Wildman–Crippen LogP) is 1.74. The summed E-state index contributed by atoms with van der Waals surface area (Å²) >= 11 is 0. The molecule has 0 saturated carbocycles. The lowest BCUT2D eigenvalue weighted by molar-refractivity contribution is 0.153. The van der Waals surface area contributed by atoms with Gasteiger partial charge in [-0.15, -0.1) is 0 Å². The molecule has 1 fully saturated rings. The van der Waals surface area contributed by atoms with Crippen molar-refractivity contribution in [1.29, 1.82) is 0 Å². The maximum absolute atomic E-state index is 4.42. The number of aromatic nitrogens is 2. The molecule has 1 aromatic carbocycles. The average molecular weight is 258 g/mol. The third-order valence-corrected chi connectivity index (χ3v) is 4.05. The molecule has 4 heteroatoms. The maximum atomic E-state index is 4.42. The van der Waals surface area contributed by atoms with Gasteiger partial charge in [-0.25, -0.2) is 4.98 Å². The Kier molecular flexibility index (Phi) is 3.80. The molecular formula is C15H22N4. The lowest BCUT2D eigenvalue weighted by Crippen LogP contribution is -2.44. The fourth-order valence-electron chi connectivity index (χ4n) is 2.79. The number of piperazine rings is 1. The van der Waals surface area contributed by atoms with Gasteiger partial charge in [0.1, 0.15) is 0 Å². The molecule has 2 heterocycles. The van der Waals surface area contributed by atoms with Gasteiger partial charge >= 0.3 is 0 Å². The zero-order valence-electron chi connectivity index (χ0n) is 11.6. The van der Waals surface area contributed by atoms with E-state index in [4.69, 9.17) is 0 Å². The van der Waals surface area contributed by atoms with Gasteiger partial charge in [-0.3, -0.25) is 0 Å². The van der Waals surface area contributed by atoms with Crippen molar-refractivity contribution in [1.82, 2.24) is 19.8 Å². The molecule has 102 valence electrons. The summed E-state index contributed by atoms with van der Waals surface area (Å²) in [6, 6.07) is 6.41. The highest BCUT2D eigenvalue weighted by Gasteiger charge is 2.13. The van der Waals surface area contributed by atoms with E-state index in [2.05, 4.69) is 45.0 Å². The first kappa shape index (κ1) is 12.6. The highest BCUT2D eigenvalue weighted by molar-refractivity contribution is 5.78. The predicted molar refractivity (Wildman–Crippen MR) is 78.4 cm³/mol. The summed E-state index contributed by atoms with van der Waals surface area (Å²) in [4.78, 5) is 12.6. The molecule has 0 radical (unpaired) electrons. The maximum Gasteiger partial charge on any atom is 0.0931 e. The molecular weight excluding hydrogens is 236 g/mol. The van der Waals surface area contributed by atoms with Crippen LogP contribution in [0.4, 0.5) is 0 Å². The third kappa shape index (κ3) is 2.96. The number of imidazole rings is 1. The Balaban J connectivity index is 1.53. The van der Waals surface area contributed by atoms with Crippen LogP contribution in [-0.2, 0) is 6.42 Å². The van der Waals surface area contributed by atoms with Gasteiger partial charge in [0.2, 0.25) is 0 Å². The number of nitrogens with zero attached hydrogens (tertiary/aromatic N) is 3. The Hall–Kier alpha value is -1.39. The van der Waals surface area contributed by atoms with E-state index in [1.165, 1.54) is 44.7 Å². The molecule has 1 N–H and O–H groups in total. The zero-order valence-corrected chi connectivity index (χ0v) is 11.6. The first-order valence-electron chi connectivity index (χ1n) is 7.15. The van der Waals surface area contributed by atoms with Crippen LogP contribution in [0.2, 0.25) is 0 Å². The van der Waals surface area contributed by atoms with Crippen LogP contribution >= 0.6 is 0 Å². The van der Waals surface area contributed by atoms with Gasteiger partial charge in [0, 0.05) is 26.2 Å². The monoisotopic (exact) mass is 258 g/mol. The van der Waals surface area contributed by atoms with Crippen molar-refractivity contribution in [3.05, 3.63) is 30.1 Å². The van der Waals surface area contributed by atoms with Crippen LogP contribution in [-0.4, -0.2) is 59.5 Å². The van der Waals surface area contributed by atoms with Crippen molar-refractivity contribution in [2.45, 2.75) is 12.8 Å². The normalized spacial score (nSPS) is 18.2. The summed E-state index contributed by atoms with van der Waals surface area (Å²) in [7, 11) is 2.20. The molecule has 1 saturated heterocycles. The van der Waals surface area contributed by atoms with Crippen molar-refractivity contribution in [3.63, 3.8) is 0 Å². The van der Waals surface area contributed by atoms with Gasteiger partial charge in [-0.05, 0) is 38.1 Å². The second-order valence-electron chi connectivity index (χ2n) is 5.46. The second kappa shape index (κ2) is 5.72. The Bertz CT molecular complexity index is 526. The van der Waals surface area contributed by atoms with Crippen LogP contribution in [0.3, 0.4) is 0 Å². The summed E-state index contributed by atoms with van der Waals surface area (Å²) in [5.74, 6) is 0. The molecule has 4 nitrogen and oxygen atoms in total. The number of aromatic amines is 1. The summed E-state index contributed by atoms with van der Waals surface area (Å²) in [6.07, 6.45) is 4.12. The van der Waals surface area contributed by atoms with Gasteiger partial charge in [0.05, 0.1) is 17.4 Å². The minimum Gasteiger partial charge on any atom is -0.345 e. The van der Waals surface area contributed by atoms with Crippen LogP contribution < -0.4 is 0 Å². The van der Waals surface area contributed by atoms with E-state index in [9.17, 15) is 0 Å². The molecule has 0 amide bonds. The number of nitrogens with one attached hydrogen (secondary N) is 1. The van der Waals surface area contributed by atoms with Gasteiger partial charge in [0.15, 0.2) is 0 Å². The lowest BCUT2D eigenvalue weighted by atomic mass is 10.1. The van der Waals surface area contributed by atoms with E-state index >= 15 is 0 Å². The molecule has 3 rings (SSSR count). The van der Waals surface area contributed by atoms with E-state index in [-0.39, 0.29) is 0 Å². The molecule has 1 aliphatic rings. The molecule has 1 aliphatic heterocycles. The Labute approximate surface area is 114 Å². The van der Waals surface area contributed by atoms with Crippen LogP contribution in [0, 0.1) is 0 Å². The standard InChI is InChI=1S/C15H22N4/c1-18-8-10-19(11-9-18)7-3-5-13-4-2-6-14-15(13)17-12-16-14/h2,4,6,12H,3,5,7-11H2,1H3,(H,16,17). The minimum absolute atomic E-state index is 1.12. The lowest BCUT2D eigenvalue weighted by Gasteiger charge is -2.32. The number of aryl methyl sites for hydroxylation is 1. The first-order chi connectivity index (χ1) is 9.33. The van der Waals surface area contributed by atoms with Gasteiger partial charge < -0.3 is 14.8 Å². The number of para-hydroxylation sites is 1. The molecule has 0 unspecified atom stereocenters. The van der Waals surface area contributed by atoms with E-state index in [1.807, 2.05) is 0 Å². The van der Waals surface area contributed by atoms with Crippen molar-refractivity contribution in [2.75, 3.05) is 39.8 Å². The largest absolute Gasteiger partial charge is 0.345 e. The molecule has 2 aromatic rings. The molecule has 0 spiro atoms. The molecule has 1 aromatic heterocycles. The van der Waals surface area contributed by atoms with Crippen molar-refractivity contribution in [3.8, 4) is 0 Å². The SMILES string of the molecule is CN1CCN(CCCc2cccc3[nH]cnc23)CC1. The second-order valence-corrected chi connectivity index (χ2v) is 5.46. The van der Waals surface area contributed by atoms with E-state index in [0.29, 0.717) is 0 Å². The third-order valence-electron chi connectivity index (χ3n) is 4.05. The fraction of sp³-hybridized carbons (Fsp3) is 0.533. The van der Waals surface area contributed by atoms with Crippen molar-refractivity contribution < 1.29 is 0 Å². The van der Waals surface area contributed by atoms with Gasteiger partial charge in [-0.2, -0.15) is 0 Å². The average Bonchev–Trinajstić information content (AvgIpc) is 2.90. The Morgan fingerprint density at radius 1 is 1.21 bits per heavy atom. The number of fused-ring (bicyclic) bond motifs is 1. The summed E-state index contributed by atoms with van der Waals surface area (Å²) in [6.45, 7) is 6.03. The summed E-state index contributed by atoms with van der Waals surface area (Å²) in [5, 5.41) is 0. The van der Waals surface area contributed by atoms with Crippen LogP contribution in [0.15, 0.2) is 24.5 Å². The molecule has 0 bridgehead atoms. The zero-order chi connectivity index (χ0) is 13.1. The smallest absolute Gasteiger partial charge is 0.0931 e. The highest BCUT2D eigenvalue weighted by Crippen LogP contribution is 2.16. The Morgan fingerprint density at radius 2 is 2.05 bits per heavy atom.